The Kier molecular flexibility index (Phi) is 5.38. The van der Waals surface area contributed by atoms with Crippen molar-refractivity contribution in [3.05, 3.63) is 65.0 Å². The van der Waals surface area contributed by atoms with E-state index < -0.39 is 0 Å². The highest BCUT2D eigenvalue weighted by Gasteiger charge is 2.24. The lowest BCUT2D eigenvalue weighted by Crippen LogP contribution is -2.28. The van der Waals surface area contributed by atoms with Gasteiger partial charge in [0.25, 0.3) is 0 Å². The maximum Gasteiger partial charge on any atom is 0.320 e. The van der Waals surface area contributed by atoms with Gasteiger partial charge < -0.3 is 14.4 Å². The normalized spacial score (nSPS) is 14.7. The van der Waals surface area contributed by atoms with E-state index >= 15 is 0 Å². The van der Waals surface area contributed by atoms with Crippen LogP contribution in [0, 0.1) is 0 Å². The quantitative estimate of drug-likeness (QED) is 0.616. The largest absolute Gasteiger partial charge is 0.326 e. The molecule has 0 saturated carbocycles. The molecule has 5 heteroatoms. The second-order valence-electron chi connectivity index (χ2n) is 7.55. The maximum atomic E-state index is 12.0. The van der Waals surface area contributed by atoms with E-state index in [1.807, 2.05) is 11.9 Å². The Morgan fingerprint density at radius 2 is 1.83 bits per heavy atom. The van der Waals surface area contributed by atoms with Crippen LogP contribution in [-0.4, -0.2) is 45.5 Å². The van der Waals surface area contributed by atoms with Gasteiger partial charge in [0.15, 0.2) is 0 Å². The van der Waals surface area contributed by atoms with Crippen molar-refractivity contribution in [2.24, 2.45) is 0 Å². The van der Waals surface area contributed by atoms with Crippen LogP contribution < -0.4 is 0 Å². The summed E-state index contributed by atoms with van der Waals surface area (Å²) in [6, 6.07) is 14.9. The Balaban J connectivity index is 1.53. The lowest BCUT2D eigenvalue weighted by Gasteiger charge is -2.15. The van der Waals surface area contributed by atoms with Crippen LogP contribution in [0.5, 0.6) is 0 Å². The van der Waals surface area contributed by atoms with Crippen LogP contribution in [0.3, 0.4) is 0 Å². The van der Waals surface area contributed by atoms with Gasteiger partial charge in [0.05, 0.1) is 11.0 Å². The first-order valence-corrected chi connectivity index (χ1v) is 10.4. The smallest absolute Gasteiger partial charge is 0.320 e. The van der Waals surface area contributed by atoms with Gasteiger partial charge in [0.1, 0.15) is 5.82 Å². The third-order valence-electron chi connectivity index (χ3n) is 5.66. The first-order chi connectivity index (χ1) is 14.1. The van der Waals surface area contributed by atoms with E-state index in [1.165, 1.54) is 11.1 Å². The fourth-order valence-corrected chi connectivity index (χ4v) is 3.99. The number of carbonyl (C=O) groups is 1. The van der Waals surface area contributed by atoms with Gasteiger partial charge in [-0.3, -0.25) is 0 Å². The monoisotopic (exact) mass is 388 g/mol. The predicted molar refractivity (Wildman–Crippen MR) is 119 cm³/mol. The Bertz CT molecular complexity index is 1050. The summed E-state index contributed by atoms with van der Waals surface area (Å²) >= 11 is 0. The Morgan fingerprint density at radius 1 is 1.03 bits per heavy atom. The second-order valence-corrected chi connectivity index (χ2v) is 7.55. The zero-order valence-corrected chi connectivity index (χ0v) is 17.4. The van der Waals surface area contributed by atoms with Gasteiger partial charge in [0.2, 0.25) is 0 Å². The lowest BCUT2D eigenvalue weighted by molar-refractivity contribution is 0.197. The van der Waals surface area contributed by atoms with E-state index in [1.54, 1.807) is 4.90 Å². The summed E-state index contributed by atoms with van der Waals surface area (Å²) in [5.41, 5.74) is 5.92. The van der Waals surface area contributed by atoms with E-state index in [4.69, 9.17) is 4.98 Å². The zero-order chi connectivity index (χ0) is 20.4. The van der Waals surface area contributed by atoms with Crippen molar-refractivity contribution in [1.29, 1.82) is 0 Å². The van der Waals surface area contributed by atoms with E-state index in [2.05, 4.69) is 73.0 Å². The standard InChI is InChI=1S/C24H28N4O/c1-4-20-7-6-8-21-23(20)28(5-2)22(25-21)14-13-18-9-11-19(12-10-18)17-27-16-15-26(3)24(27)29/h6-14H,4-5,15-17H2,1-3H3/b14-13+. The highest BCUT2D eigenvalue weighted by molar-refractivity contribution is 5.83. The van der Waals surface area contributed by atoms with Crippen LogP contribution in [0.4, 0.5) is 4.79 Å². The van der Waals surface area contributed by atoms with Gasteiger partial charge in [0, 0.05) is 33.2 Å². The molecule has 0 spiro atoms. The number of hydrogen-bond donors (Lipinski definition) is 0. The molecule has 0 N–H and O–H groups in total. The molecule has 5 nitrogen and oxygen atoms in total. The number of urea groups is 1. The van der Waals surface area contributed by atoms with Crippen molar-refractivity contribution in [2.75, 3.05) is 20.1 Å². The minimum Gasteiger partial charge on any atom is -0.326 e. The summed E-state index contributed by atoms with van der Waals surface area (Å²) in [4.78, 5) is 20.5. The van der Waals surface area contributed by atoms with Crippen molar-refractivity contribution in [3.63, 3.8) is 0 Å². The van der Waals surface area contributed by atoms with Crippen LogP contribution in [-0.2, 0) is 19.5 Å². The molecule has 1 aliphatic heterocycles. The molecule has 2 aromatic carbocycles. The summed E-state index contributed by atoms with van der Waals surface area (Å²) in [5.74, 6) is 0.984. The molecule has 0 aliphatic carbocycles. The highest BCUT2D eigenvalue weighted by atomic mass is 16.2. The number of imidazole rings is 1. The predicted octanol–water partition coefficient (Wildman–Crippen LogP) is 4.66. The molecule has 0 radical (unpaired) electrons. The molecule has 1 saturated heterocycles. The fraction of sp³-hybridized carbons (Fsp3) is 0.333. The lowest BCUT2D eigenvalue weighted by atomic mass is 10.1. The molecule has 29 heavy (non-hydrogen) atoms. The molecule has 1 aliphatic rings. The molecule has 1 aromatic heterocycles. The molecule has 0 bridgehead atoms. The molecular weight excluding hydrogens is 360 g/mol. The number of benzene rings is 2. The SMILES string of the molecule is CCc1cccc2nc(/C=C/c3ccc(CN4CCN(C)C4=O)cc3)n(CC)c12. The third kappa shape index (κ3) is 3.77. The topological polar surface area (TPSA) is 41.4 Å². The van der Waals surface area contributed by atoms with Gasteiger partial charge in [-0.05, 0) is 42.2 Å². The van der Waals surface area contributed by atoms with Crippen LogP contribution >= 0.6 is 0 Å². The average molecular weight is 389 g/mol. The van der Waals surface area contributed by atoms with E-state index in [0.29, 0.717) is 6.54 Å². The first-order valence-electron chi connectivity index (χ1n) is 10.4. The minimum absolute atomic E-state index is 0.110. The summed E-state index contributed by atoms with van der Waals surface area (Å²) in [7, 11) is 1.85. The number of fused-ring (bicyclic) bond motifs is 1. The Hall–Kier alpha value is -3.08. The molecule has 0 atom stereocenters. The first kappa shape index (κ1) is 19.2. The van der Waals surface area contributed by atoms with Gasteiger partial charge in [-0.1, -0.05) is 49.4 Å². The number of amides is 2. The van der Waals surface area contributed by atoms with Crippen molar-refractivity contribution in [3.8, 4) is 0 Å². The minimum atomic E-state index is 0.110. The number of aryl methyl sites for hydroxylation is 2. The number of likely N-dealkylation sites (N-methyl/N-ethyl adjacent to an activating group) is 1. The van der Waals surface area contributed by atoms with Crippen molar-refractivity contribution >= 4 is 29.2 Å². The highest BCUT2D eigenvalue weighted by Crippen LogP contribution is 2.23. The molecule has 4 rings (SSSR count). The van der Waals surface area contributed by atoms with Crippen LogP contribution in [0.1, 0.15) is 36.4 Å². The van der Waals surface area contributed by atoms with Crippen molar-refractivity contribution in [1.82, 2.24) is 19.4 Å². The molecule has 2 amide bonds. The van der Waals surface area contributed by atoms with Crippen molar-refractivity contribution < 1.29 is 4.79 Å². The van der Waals surface area contributed by atoms with Crippen LogP contribution in [0.15, 0.2) is 42.5 Å². The number of carbonyl (C=O) groups excluding carboxylic acids is 1. The Labute approximate surface area is 172 Å². The number of nitrogens with zero attached hydrogens (tertiary/aromatic N) is 4. The molecule has 150 valence electrons. The number of aromatic nitrogens is 2. The molecular formula is C24H28N4O. The Morgan fingerprint density at radius 3 is 2.48 bits per heavy atom. The second kappa shape index (κ2) is 8.11. The average Bonchev–Trinajstić information content (AvgIpc) is 3.27. The van der Waals surface area contributed by atoms with E-state index in [-0.39, 0.29) is 6.03 Å². The number of hydrogen-bond acceptors (Lipinski definition) is 2. The summed E-state index contributed by atoms with van der Waals surface area (Å²) < 4.78 is 2.29. The molecule has 0 unspecified atom stereocenters. The zero-order valence-electron chi connectivity index (χ0n) is 17.4. The van der Waals surface area contributed by atoms with Crippen LogP contribution in [0.2, 0.25) is 0 Å². The van der Waals surface area contributed by atoms with Gasteiger partial charge >= 0.3 is 6.03 Å². The van der Waals surface area contributed by atoms with E-state index in [0.717, 1.165) is 48.5 Å². The van der Waals surface area contributed by atoms with Gasteiger partial charge in [-0.15, -0.1) is 0 Å². The fourth-order valence-electron chi connectivity index (χ4n) is 3.99. The molecule has 2 heterocycles. The molecule has 3 aromatic rings. The summed E-state index contributed by atoms with van der Waals surface area (Å²) in [5, 5.41) is 0. The summed E-state index contributed by atoms with van der Waals surface area (Å²) in [6.07, 6.45) is 5.21. The van der Waals surface area contributed by atoms with Gasteiger partial charge in [-0.2, -0.15) is 0 Å². The van der Waals surface area contributed by atoms with Crippen LogP contribution in [0.25, 0.3) is 23.2 Å². The van der Waals surface area contributed by atoms with Crippen molar-refractivity contribution in [2.45, 2.75) is 33.4 Å². The number of para-hydroxylation sites is 1. The van der Waals surface area contributed by atoms with Gasteiger partial charge in [-0.25, -0.2) is 9.78 Å². The third-order valence-corrected chi connectivity index (χ3v) is 5.66. The summed E-state index contributed by atoms with van der Waals surface area (Å²) in [6.45, 7) is 7.51. The van der Waals surface area contributed by atoms with E-state index in [9.17, 15) is 4.79 Å². The maximum absolute atomic E-state index is 12.0. The number of rotatable bonds is 6. The molecule has 1 fully saturated rings.